The third-order valence-corrected chi connectivity index (χ3v) is 3.53. The molecule has 0 spiro atoms. The Hall–Kier alpha value is -1.02. The lowest BCUT2D eigenvalue weighted by Gasteiger charge is -2.23. The monoisotopic (exact) mass is 220 g/mol. The second-order valence-electron chi connectivity index (χ2n) is 4.68. The molecule has 0 aliphatic heterocycles. The number of aryl methyl sites for hydroxylation is 1. The van der Waals surface area contributed by atoms with Crippen molar-refractivity contribution < 1.29 is 9.52 Å². The van der Waals surface area contributed by atoms with E-state index in [1.807, 2.05) is 19.1 Å². The fourth-order valence-electron chi connectivity index (χ4n) is 2.47. The summed E-state index contributed by atoms with van der Waals surface area (Å²) in [6.45, 7) is 2.19. The van der Waals surface area contributed by atoms with Gasteiger partial charge in [0.05, 0.1) is 12.9 Å². The molecule has 1 aliphatic carbocycles. The van der Waals surface area contributed by atoms with E-state index >= 15 is 0 Å². The van der Waals surface area contributed by atoms with Gasteiger partial charge in [-0.3, -0.25) is 0 Å². The Bertz CT molecular complexity index is 357. The summed E-state index contributed by atoms with van der Waals surface area (Å²) in [5, 5.41) is 9.46. The molecule has 1 aliphatic rings. The minimum atomic E-state index is 0.158. The molecule has 0 saturated heterocycles. The zero-order valence-electron chi connectivity index (χ0n) is 9.91. The molecule has 0 aromatic carbocycles. The summed E-state index contributed by atoms with van der Waals surface area (Å²) in [4.78, 5) is 0. The normalized spacial score (nSPS) is 19.0. The number of aliphatic hydroxyl groups excluding tert-OH is 1. The third kappa shape index (κ3) is 2.56. The maximum atomic E-state index is 9.46. The Kier molecular flexibility index (Phi) is 3.83. The summed E-state index contributed by atoms with van der Waals surface area (Å²) in [7, 11) is 0. The second kappa shape index (κ2) is 5.35. The molecule has 1 saturated carbocycles. The summed E-state index contributed by atoms with van der Waals surface area (Å²) >= 11 is 0. The molecule has 1 aromatic heterocycles. The highest BCUT2D eigenvalue weighted by Gasteiger charge is 2.17. The summed E-state index contributed by atoms with van der Waals surface area (Å²) in [6, 6.07) is 1.96. The lowest BCUT2D eigenvalue weighted by Crippen LogP contribution is -2.11. The van der Waals surface area contributed by atoms with Crippen molar-refractivity contribution in [3.63, 3.8) is 0 Å². The van der Waals surface area contributed by atoms with Crippen LogP contribution in [0, 0.1) is 12.8 Å². The van der Waals surface area contributed by atoms with Gasteiger partial charge in [-0.05, 0) is 49.0 Å². The van der Waals surface area contributed by atoms with Crippen molar-refractivity contribution in [3.05, 3.63) is 29.2 Å². The van der Waals surface area contributed by atoms with Crippen LogP contribution in [-0.4, -0.2) is 11.7 Å². The largest absolute Gasteiger partial charge is 0.465 e. The first-order valence-electron chi connectivity index (χ1n) is 6.16. The van der Waals surface area contributed by atoms with E-state index in [9.17, 15) is 5.11 Å². The predicted octanol–water partition coefficient (Wildman–Crippen LogP) is 3.54. The van der Waals surface area contributed by atoms with Crippen molar-refractivity contribution in [3.8, 4) is 0 Å². The zero-order valence-corrected chi connectivity index (χ0v) is 9.91. The fourth-order valence-corrected chi connectivity index (χ4v) is 2.47. The van der Waals surface area contributed by atoms with Crippen LogP contribution in [0.1, 0.15) is 43.4 Å². The van der Waals surface area contributed by atoms with Gasteiger partial charge < -0.3 is 9.52 Å². The summed E-state index contributed by atoms with van der Waals surface area (Å²) < 4.78 is 5.40. The van der Waals surface area contributed by atoms with E-state index in [0.717, 1.165) is 16.9 Å². The van der Waals surface area contributed by atoms with E-state index in [2.05, 4.69) is 0 Å². The van der Waals surface area contributed by atoms with Crippen molar-refractivity contribution in [1.29, 1.82) is 0 Å². The van der Waals surface area contributed by atoms with E-state index in [4.69, 9.17) is 4.42 Å². The lowest BCUT2D eigenvalue weighted by molar-refractivity contribution is 0.294. The number of furan rings is 1. The van der Waals surface area contributed by atoms with Crippen LogP contribution < -0.4 is 0 Å². The predicted molar refractivity (Wildman–Crippen MR) is 65.1 cm³/mol. The van der Waals surface area contributed by atoms with Crippen molar-refractivity contribution >= 4 is 6.08 Å². The van der Waals surface area contributed by atoms with Crippen LogP contribution in [0.3, 0.4) is 0 Å². The smallest absolute Gasteiger partial charge is 0.129 e. The minimum Gasteiger partial charge on any atom is -0.465 e. The van der Waals surface area contributed by atoms with Crippen molar-refractivity contribution in [2.45, 2.75) is 39.0 Å². The summed E-state index contributed by atoms with van der Waals surface area (Å²) in [5.41, 5.74) is 2.28. The molecule has 16 heavy (non-hydrogen) atoms. The van der Waals surface area contributed by atoms with Crippen LogP contribution in [0.4, 0.5) is 0 Å². The molecule has 2 nitrogen and oxygen atoms in total. The van der Waals surface area contributed by atoms with E-state index in [-0.39, 0.29) is 6.61 Å². The average molecular weight is 220 g/mol. The van der Waals surface area contributed by atoms with E-state index in [1.165, 1.54) is 32.1 Å². The highest BCUT2D eigenvalue weighted by Crippen LogP contribution is 2.31. The summed E-state index contributed by atoms with van der Waals surface area (Å²) in [6.07, 6.45) is 10.1. The molecule has 0 atom stereocenters. The molecule has 1 fully saturated rings. The highest BCUT2D eigenvalue weighted by molar-refractivity contribution is 5.51. The maximum Gasteiger partial charge on any atom is 0.129 e. The number of rotatable bonds is 3. The van der Waals surface area contributed by atoms with Gasteiger partial charge in [0.1, 0.15) is 5.76 Å². The average Bonchev–Trinajstić information content (AvgIpc) is 2.73. The van der Waals surface area contributed by atoms with Gasteiger partial charge in [-0.2, -0.15) is 0 Å². The first kappa shape index (κ1) is 11.5. The molecule has 1 N–H and O–H groups in total. The Balaban J connectivity index is 2.14. The topological polar surface area (TPSA) is 33.4 Å². The molecule has 0 amide bonds. The van der Waals surface area contributed by atoms with Gasteiger partial charge >= 0.3 is 0 Å². The van der Waals surface area contributed by atoms with Gasteiger partial charge in [-0.25, -0.2) is 0 Å². The minimum absolute atomic E-state index is 0.158. The Morgan fingerprint density at radius 1 is 1.44 bits per heavy atom. The van der Waals surface area contributed by atoms with Crippen molar-refractivity contribution in [1.82, 2.24) is 0 Å². The van der Waals surface area contributed by atoms with Crippen molar-refractivity contribution in [2.24, 2.45) is 5.92 Å². The molecule has 2 heteroatoms. The molecule has 0 unspecified atom stereocenters. The second-order valence-corrected chi connectivity index (χ2v) is 4.68. The molecular weight excluding hydrogens is 200 g/mol. The first-order valence-corrected chi connectivity index (χ1v) is 6.16. The van der Waals surface area contributed by atoms with Crippen LogP contribution in [0.25, 0.3) is 6.08 Å². The van der Waals surface area contributed by atoms with E-state index in [1.54, 1.807) is 6.26 Å². The molecule has 2 rings (SSSR count). The molecule has 88 valence electrons. The Morgan fingerprint density at radius 3 is 2.75 bits per heavy atom. The van der Waals surface area contributed by atoms with E-state index in [0.29, 0.717) is 5.92 Å². The van der Waals surface area contributed by atoms with Crippen molar-refractivity contribution in [2.75, 3.05) is 6.61 Å². The van der Waals surface area contributed by atoms with Gasteiger partial charge in [-0.15, -0.1) is 0 Å². The number of aliphatic hydroxyl groups is 1. The third-order valence-electron chi connectivity index (χ3n) is 3.53. The standard InChI is InChI=1S/C14H20O2/c1-11-7-8-16-14(11)9-13(10-15)12-5-3-2-4-6-12/h7-9,12,15H,2-6,10H2,1H3/b13-9-. The van der Waals surface area contributed by atoms with Crippen LogP contribution in [0.5, 0.6) is 0 Å². The summed E-state index contributed by atoms with van der Waals surface area (Å²) in [5.74, 6) is 1.46. The molecular formula is C14H20O2. The maximum absolute atomic E-state index is 9.46. The van der Waals surface area contributed by atoms with Gasteiger partial charge in [0, 0.05) is 0 Å². The Labute approximate surface area is 97.0 Å². The van der Waals surface area contributed by atoms with Gasteiger partial charge in [0.25, 0.3) is 0 Å². The highest BCUT2D eigenvalue weighted by atomic mass is 16.3. The van der Waals surface area contributed by atoms with Crippen LogP contribution in [0.15, 0.2) is 22.3 Å². The number of hydrogen-bond donors (Lipinski definition) is 1. The molecule has 1 aromatic rings. The van der Waals surface area contributed by atoms with Gasteiger partial charge in [0.15, 0.2) is 0 Å². The quantitative estimate of drug-likeness (QED) is 0.845. The first-order chi connectivity index (χ1) is 7.81. The van der Waals surface area contributed by atoms with Crippen LogP contribution in [-0.2, 0) is 0 Å². The van der Waals surface area contributed by atoms with Gasteiger partial charge in [0.2, 0.25) is 0 Å². The molecule has 1 heterocycles. The zero-order chi connectivity index (χ0) is 11.4. The SMILES string of the molecule is Cc1ccoc1/C=C(/CO)C1CCCCC1. The van der Waals surface area contributed by atoms with Crippen LogP contribution in [0.2, 0.25) is 0 Å². The molecule has 0 radical (unpaired) electrons. The van der Waals surface area contributed by atoms with Gasteiger partial charge in [-0.1, -0.05) is 19.3 Å². The molecule has 0 bridgehead atoms. The lowest BCUT2D eigenvalue weighted by atomic mass is 9.83. The fraction of sp³-hybridized carbons (Fsp3) is 0.571. The Morgan fingerprint density at radius 2 is 2.19 bits per heavy atom. The van der Waals surface area contributed by atoms with E-state index < -0.39 is 0 Å². The van der Waals surface area contributed by atoms with Crippen LogP contribution >= 0.6 is 0 Å². The number of hydrogen-bond acceptors (Lipinski definition) is 2.